The monoisotopic (exact) mass is 235 g/mol. The second-order valence-electron chi connectivity index (χ2n) is 3.94. The zero-order valence-corrected chi connectivity index (χ0v) is 9.20. The molecule has 90 valence electrons. The third-order valence-corrected chi connectivity index (χ3v) is 2.51. The minimum absolute atomic E-state index is 0.0832. The van der Waals surface area contributed by atoms with Crippen molar-refractivity contribution < 1.29 is 19.1 Å². The van der Waals surface area contributed by atoms with Crippen molar-refractivity contribution in [3.05, 3.63) is 30.2 Å². The summed E-state index contributed by atoms with van der Waals surface area (Å²) < 4.78 is 5.05. The molecule has 0 bridgehead atoms. The van der Waals surface area contributed by atoms with Crippen LogP contribution in [0.3, 0.4) is 0 Å². The Balaban J connectivity index is 1.99. The van der Waals surface area contributed by atoms with Gasteiger partial charge in [0.2, 0.25) is 5.91 Å². The van der Waals surface area contributed by atoms with Crippen LogP contribution in [-0.4, -0.2) is 34.5 Å². The van der Waals surface area contributed by atoms with E-state index in [1.165, 1.54) is 17.2 Å². The van der Waals surface area contributed by atoms with Gasteiger partial charge in [-0.25, -0.2) is 0 Å². The van der Waals surface area contributed by atoms with E-state index in [-0.39, 0.29) is 18.5 Å². The van der Waals surface area contributed by atoms with E-state index in [0.717, 1.165) is 12.8 Å². The van der Waals surface area contributed by atoms with Crippen LogP contribution >= 0.6 is 0 Å². The lowest BCUT2D eigenvalue weighted by atomic mass is 10.3. The molecule has 0 aromatic carbocycles. The van der Waals surface area contributed by atoms with Crippen LogP contribution in [0.25, 0.3) is 6.08 Å². The van der Waals surface area contributed by atoms with Gasteiger partial charge in [0.1, 0.15) is 12.3 Å². The van der Waals surface area contributed by atoms with Crippen LogP contribution in [0.2, 0.25) is 0 Å². The van der Waals surface area contributed by atoms with Crippen molar-refractivity contribution in [3.8, 4) is 0 Å². The molecule has 0 atom stereocenters. The fourth-order valence-electron chi connectivity index (χ4n) is 1.55. The molecule has 1 saturated carbocycles. The first-order valence-corrected chi connectivity index (χ1v) is 5.41. The smallest absolute Gasteiger partial charge is 0.323 e. The molecule has 17 heavy (non-hydrogen) atoms. The third kappa shape index (κ3) is 3.21. The van der Waals surface area contributed by atoms with Gasteiger partial charge in [-0.3, -0.25) is 9.59 Å². The first kappa shape index (κ1) is 11.4. The number of carbonyl (C=O) groups excluding carboxylic acids is 1. The highest BCUT2D eigenvalue weighted by Gasteiger charge is 2.32. The molecular weight excluding hydrogens is 222 g/mol. The largest absolute Gasteiger partial charge is 0.480 e. The molecule has 0 radical (unpaired) electrons. The molecule has 1 N–H and O–H groups in total. The van der Waals surface area contributed by atoms with Crippen molar-refractivity contribution in [3.63, 3.8) is 0 Å². The van der Waals surface area contributed by atoms with E-state index in [2.05, 4.69) is 0 Å². The number of furan rings is 1. The number of nitrogens with zero attached hydrogens (tertiary/aromatic N) is 1. The Hall–Kier alpha value is -2.04. The number of carboxylic acid groups (broad SMARTS) is 1. The van der Waals surface area contributed by atoms with Crippen LogP contribution in [0.5, 0.6) is 0 Å². The number of hydrogen-bond acceptors (Lipinski definition) is 3. The molecule has 1 aliphatic rings. The van der Waals surface area contributed by atoms with Crippen molar-refractivity contribution in [1.29, 1.82) is 0 Å². The number of amides is 1. The minimum Gasteiger partial charge on any atom is -0.480 e. The second kappa shape index (κ2) is 4.86. The summed E-state index contributed by atoms with van der Waals surface area (Å²) in [7, 11) is 0. The molecule has 5 nitrogen and oxygen atoms in total. The fraction of sp³-hybridized carbons (Fsp3) is 0.333. The van der Waals surface area contributed by atoms with E-state index < -0.39 is 5.97 Å². The van der Waals surface area contributed by atoms with E-state index in [1.807, 2.05) is 0 Å². The summed E-state index contributed by atoms with van der Waals surface area (Å²) in [5, 5.41) is 8.73. The Morgan fingerprint density at radius 3 is 2.82 bits per heavy atom. The molecule has 0 aliphatic heterocycles. The Bertz CT molecular complexity index is 431. The van der Waals surface area contributed by atoms with Crippen LogP contribution < -0.4 is 0 Å². The van der Waals surface area contributed by atoms with Gasteiger partial charge in [0.15, 0.2) is 0 Å². The van der Waals surface area contributed by atoms with E-state index in [0.29, 0.717) is 5.76 Å². The van der Waals surface area contributed by atoms with Gasteiger partial charge in [-0.15, -0.1) is 0 Å². The second-order valence-corrected chi connectivity index (χ2v) is 3.94. The van der Waals surface area contributed by atoms with Crippen LogP contribution in [-0.2, 0) is 9.59 Å². The average molecular weight is 235 g/mol. The maximum Gasteiger partial charge on any atom is 0.323 e. The fourth-order valence-corrected chi connectivity index (χ4v) is 1.55. The van der Waals surface area contributed by atoms with Crippen LogP contribution in [0, 0.1) is 0 Å². The highest BCUT2D eigenvalue weighted by molar-refractivity contribution is 5.93. The van der Waals surface area contributed by atoms with Gasteiger partial charge >= 0.3 is 5.97 Å². The topological polar surface area (TPSA) is 70.8 Å². The molecule has 1 fully saturated rings. The van der Waals surface area contributed by atoms with E-state index in [4.69, 9.17) is 9.52 Å². The van der Waals surface area contributed by atoms with Crippen molar-refractivity contribution in [2.24, 2.45) is 0 Å². The highest BCUT2D eigenvalue weighted by Crippen LogP contribution is 2.26. The zero-order valence-electron chi connectivity index (χ0n) is 9.20. The van der Waals surface area contributed by atoms with E-state index >= 15 is 0 Å². The molecule has 1 amide bonds. The lowest BCUT2D eigenvalue weighted by Crippen LogP contribution is -2.36. The van der Waals surface area contributed by atoms with Crippen molar-refractivity contribution >= 4 is 18.0 Å². The molecule has 0 spiro atoms. The van der Waals surface area contributed by atoms with Crippen molar-refractivity contribution in [2.75, 3.05) is 6.54 Å². The predicted octanol–water partition coefficient (Wildman–Crippen LogP) is 1.37. The number of carbonyl (C=O) groups is 2. The molecule has 5 heteroatoms. The number of carboxylic acids is 1. The van der Waals surface area contributed by atoms with Crippen molar-refractivity contribution in [1.82, 2.24) is 4.90 Å². The Morgan fingerprint density at radius 1 is 1.53 bits per heavy atom. The van der Waals surface area contributed by atoms with Gasteiger partial charge in [-0.1, -0.05) is 0 Å². The normalized spacial score (nSPS) is 15.1. The first-order chi connectivity index (χ1) is 8.16. The van der Waals surface area contributed by atoms with Crippen LogP contribution in [0.4, 0.5) is 0 Å². The Kier molecular flexibility index (Phi) is 3.27. The molecular formula is C12H13NO4. The predicted molar refractivity (Wildman–Crippen MR) is 60.1 cm³/mol. The van der Waals surface area contributed by atoms with Gasteiger partial charge in [-0.2, -0.15) is 0 Å². The van der Waals surface area contributed by atoms with Crippen molar-refractivity contribution in [2.45, 2.75) is 18.9 Å². The Morgan fingerprint density at radius 2 is 2.29 bits per heavy atom. The van der Waals surface area contributed by atoms with Crippen LogP contribution in [0.15, 0.2) is 28.9 Å². The minimum atomic E-state index is -0.989. The highest BCUT2D eigenvalue weighted by atomic mass is 16.4. The van der Waals surface area contributed by atoms with Crippen LogP contribution in [0.1, 0.15) is 18.6 Å². The summed E-state index contributed by atoms with van der Waals surface area (Å²) >= 11 is 0. The van der Waals surface area contributed by atoms with Gasteiger partial charge in [0, 0.05) is 12.1 Å². The molecule has 0 unspecified atom stereocenters. The summed E-state index contributed by atoms with van der Waals surface area (Å²) in [5.41, 5.74) is 0. The first-order valence-electron chi connectivity index (χ1n) is 5.41. The molecule has 1 aromatic rings. The summed E-state index contributed by atoms with van der Waals surface area (Å²) in [5.74, 6) is -0.702. The maximum atomic E-state index is 11.8. The summed E-state index contributed by atoms with van der Waals surface area (Å²) in [6.07, 6.45) is 6.17. The standard InChI is InChI=1S/C12H13NO4/c14-11(6-5-10-2-1-7-17-10)13(8-12(15)16)9-3-4-9/h1-2,5-7,9H,3-4,8H2,(H,15,16). The lowest BCUT2D eigenvalue weighted by Gasteiger charge is -2.17. The SMILES string of the molecule is O=C(O)CN(C(=O)C=Cc1ccco1)C1CC1. The summed E-state index contributed by atoms with van der Waals surface area (Å²) in [4.78, 5) is 23.8. The summed E-state index contributed by atoms with van der Waals surface area (Å²) in [6, 6.07) is 3.53. The molecule has 1 aromatic heterocycles. The average Bonchev–Trinajstić information content (AvgIpc) is 2.99. The molecule has 2 rings (SSSR count). The van der Waals surface area contributed by atoms with Gasteiger partial charge < -0.3 is 14.4 Å². The quantitative estimate of drug-likeness (QED) is 0.782. The molecule has 1 aliphatic carbocycles. The van der Waals surface area contributed by atoms with Gasteiger partial charge in [-0.05, 0) is 31.1 Å². The number of hydrogen-bond donors (Lipinski definition) is 1. The van der Waals surface area contributed by atoms with Gasteiger partial charge in [0.25, 0.3) is 0 Å². The van der Waals surface area contributed by atoms with Gasteiger partial charge in [0.05, 0.1) is 6.26 Å². The van der Waals surface area contributed by atoms with E-state index in [1.54, 1.807) is 18.2 Å². The third-order valence-electron chi connectivity index (χ3n) is 2.51. The molecule has 0 saturated heterocycles. The molecule has 1 heterocycles. The number of rotatable bonds is 5. The maximum absolute atomic E-state index is 11.8. The number of aliphatic carboxylic acids is 1. The zero-order chi connectivity index (χ0) is 12.3. The van der Waals surface area contributed by atoms with E-state index in [9.17, 15) is 9.59 Å². The Labute approximate surface area is 98.3 Å². The lowest BCUT2D eigenvalue weighted by molar-refractivity contribution is -0.143. The summed E-state index contributed by atoms with van der Waals surface area (Å²) in [6.45, 7) is -0.244.